The SMILES string of the molecule is O=COc1ccc(C(=O)Oc2ccc(/C=C/C(=O)O)cc2)cc1. The molecule has 0 aliphatic rings. The Morgan fingerprint density at radius 3 is 2.09 bits per heavy atom. The lowest BCUT2D eigenvalue weighted by molar-refractivity contribution is -0.131. The Bertz CT molecular complexity index is 729. The number of rotatable bonds is 6. The number of carboxylic acid groups (broad SMARTS) is 1. The molecular weight excluding hydrogens is 300 g/mol. The van der Waals surface area contributed by atoms with Gasteiger partial charge in [0, 0.05) is 6.08 Å². The number of hydrogen-bond acceptors (Lipinski definition) is 5. The Morgan fingerprint density at radius 2 is 1.52 bits per heavy atom. The minimum atomic E-state index is -1.04. The second kappa shape index (κ2) is 7.56. The summed E-state index contributed by atoms with van der Waals surface area (Å²) in [6, 6.07) is 12.3. The highest BCUT2D eigenvalue weighted by Gasteiger charge is 2.08. The Labute approximate surface area is 131 Å². The first-order valence-corrected chi connectivity index (χ1v) is 6.52. The highest BCUT2D eigenvalue weighted by atomic mass is 16.5. The van der Waals surface area contributed by atoms with Gasteiger partial charge in [0.15, 0.2) is 0 Å². The van der Waals surface area contributed by atoms with Crippen LogP contribution in [0.3, 0.4) is 0 Å². The quantitative estimate of drug-likeness (QED) is 0.381. The van der Waals surface area contributed by atoms with Gasteiger partial charge in [-0.05, 0) is 48.0 Å². The molecule has 0 saturated heterocycles. The van der Waals surface area contributed by atoms with E-state index in [1.165, 1.54) is 30.3 Å². The smallest absolute Gasteiger partial charge is 0.343 e. The van der Waals surface area contributed by atoms with Crippen molar-refractivity contribution < 1.29 is 29.0 Å². The largest absolute Gasteiger partial charge is 0.478 e. The van der Waals surface area contributed by atoms with Crippen molar-refractivity contribution >= 4 is 24.5 Å². The van der Waals surface area contributed by atoms with E-state index in [9.17, 15) is 14.4 Å². The van der Waals surface area contributed by atoms with Crippen LogP contribution >= 0.6 is 0 Å². The van der Waals surface area contributed by atoms with Crippen molar-refractivity contribution in [2.75, 3.05) is 0 Å². The Hall–Kier alpha value is -3.41. The van der Waals surface area contributed by atoms with Crippen molar-refractivity contribution in [2.45, 2.75) is 0 Å². The van der Waals surface area contributed by atoms with E-state index in [2.05, 4.69) is 4.74 Å². The van der Waals surface area contributed by atoms with Gasteiger partial charge in [-0.15, -0.1) is 0 Å². The average molecular weight is 312 g/mol. The fraction of sp³-hybridized carbons (Fsp3) is 0. The first kappa shape index (κ1) is 16.0. The lowest BCUT2D eigenvalue weighted by Gasteiger charge is -2.05. The molecular formula is C17H12O6. The molecule has 0 aliphatic carbocycles. The van der Waals surface area contributed by atoms with Gasteiger partial charge >= 0.3 is 11.9 Å². The Kier molecular flexibility index (Phi) is 5.25. The third kappa shape index (κ3) is 4.82. The average Bonchev–Trinajstić information content (AvgIpc) is 2.55. The molecule has 0 unspecified atom stereocenters. The Balaban J connectivity index is 2.02. The normalized spacial score (nSPS) is 10.3. The van der Waals surface area contributed by atoms with Gasteiger partial charge in [0.25, 0.3) is 6.47 Å². The van der Waals surface area contributed by atoms with E-state index in [4.69, 9.17) is 9.84 Å². The van der Waals surface area contributed by atoms with Crippen LogP contribution in [-0.4, -0.2) is 23.5 Å². The van der Waals surface area contributed by atoms with Crippen molar-refractivity contribution in [3.05, 3.63) is 65.7 Å². The Morgan fingerprint density at radius 1 is 0.913 bits per heavy atom. The molecule has 0 radical (unpaired) electrons. The van der Waals surface area contributed by atoms with Crippen LogP contribution in [0.15, 0.2) is 54.6 Å². The molecule has 0 atom stereocenters. The van der Waals surface area contributed by atoms with Gasteiger partial charge in [-0.3, -0.25) is 4.79 Å². The van der Waals surface area contributed by atoms with E-state index < -0.39 is 11.9 Å². The van der Waals surface area contributed by atoms with Crippen LogP contribution in [0.25, 0.3) is 6.08 Å². The van der Waals surface area contributed by atoms with E-state index in [0.717, 1.165) is 6.08 Å². The van der Waals surface area contributed by atoms with E-state index in [-0.39, 0.29) is 0 Å². The van der Waals surface area contributed by atoms with Crippen molar-refractivity contribution in [1.29, 1.82) is 0 Å². The first-order chi connectivity index (χ1) is 11.1. The van der Waals surface area contributed by atoms with Crippen molar-refractivity contribution in [3.63, 3.8) is 0 Å². The number of hydrogen-bond donors (Lipinski definition) is 1. The van der Waals surface area contributed by atoms with Crippen LogP contribution in [-0.2, 0) is 9.59 Å². The molecule has 0 heterocycles. The molecule has 0 amide bonds. The van der Waals surface area contributed by atoms with E-state index >= 15 is 0 Å². The molecule has 2 aromatic carbocycles. The molecule has 116 valence electrons. The van der Waals surface area contributed by atoms with Crippen LogP contribution in [0.2, 0.25) is 0 Å². The van der Waals surface area contributed by atoms with E-state index in [0.29, 0.717) is 29.1 Å². The van der Waals surface area contributed by atoms with Gasteiger partial charge in [-0.25, -0.2) is 9.59 Å². The maximum absolute atomic E-state index is 12.0. The predicted octanol–water partition coefficient (Wildman–Crippen LogP) is 2.54. The van der Waals surface area contributed by atoms with E-state index in [1.54, 1.807) is 24.3 Å². The number of ether oxygens (including phenoxy) is 2. The van der Waals surface area contributed by atoms with Gasteiger partial charge in [-0.2, -0.15) is 0 Å². The van der Waals surface area contributed by atoms with Gasteiger partial charge in [-0.1, -0.05) is 12.1 Å². The number of benzene rings is 2. The summed E-state index contributed by atoms with van der Waals surface area (Å²) in [7, 11) is 0. The summed E-state index contributed by atoms with van der Waals surface area (Å²) in [5.74, 6) is -0.944. The summed E-state index contributed by atoms with van der Waals surface area (Å²) in [6.07, 6.45) is 2.45. The van der Waals surface area contributed by atoms with Gasteiger partial charge in [0.05, 0.1) is 5.56 Å². The summed E-state index contributed by atoms with van der Waals surface area (Å²) in [6.45, 7) is 0.299. The summed E-state index contributed by atoms with van der Waals surface area (Å²) in [5.41, 5.74) is 0.973. The summed E-state index contributed by atoms with van der Waals surface area (Å²) < 4.78 is 9.82. The highest BCUT2D eigenvalue weighted by molar-refractivity contribution is 5.91. The van der Waals surface area contributed by atoms with Crippen molar-refractivity contribution in [3.8, 4) is 11.5 Å². The standard InChI is InChI=1S/C17H12O6/c18-11-22-14-8-4-13(5-9-14)17(21)23-15-6-1-12(2-7-15)3-10-16(19)20/h1-11H,(H,19,20)/b10-3+. The number of esters is 1. The van der Waals surface area contributed by atoms with Crippen LogP contribution in [0.4, 0.5) is 0 Å². The molecule has 0 fully saturated rings. The van der Waals surface area contributed by atoms with Gasteiger partial charge < -0.3 is 14.6 Å². The second-order valence-corrected chi connectivity index (χ2v) is 4.37. The zero-order valence-corrected chi connectivity index (χ0v) is 11.8. The van der Waals surface area contributed by atoms with Crippen molar-refractivity contribution in [1.82, 2.24) is 0 Å². The second-order valence-electron chi connectivity index (χ2n) is 4.37. The van der Waals surface area contributed by atoms with Crippen LogP contribution < -0.4 is 9.47 Å². The lowest BCUT2D eigenvalue weighted by Crippen LogP contribution is -2.08. The summed E-state index contributed by atoms with van der Waals surface area (Å²) in [4.78, 5) is 32.6. The van der Waals surface area contributed by atoms with Crippen molar-refractivity contribution in [2.24, 2.45) is 0 Å². The minimum absolute atomic E-state index is 0.299. The predicted molar refractivity (Wildman–Crippen MR) is 81.2 cm³/mol. The maximum atomic E-state index is 12.0. The zero-order chi connectivity index (χ0) is 16.7. The number of carboxylic acids is 1. The number of carbonyl (C=O) groups is 3. The van der Waals surface area contributed by atoms with E-state index in [1.807, 2.05) is 0 Å². The molecule has 6 heteroatoms. The minimum Gasteiger partial charge on any atom is -0.478 e. The molecule has 0 spiro atoms. The highest BCUT2D eigenvalue weighted by Crippen LogP contribution is 2.17. The maximum Gasteiger partial charge on any atom is 0.343 e. The molecule has 2 aromatic rings. The van der Waals surface area contributed by atoms with Gasteiger partial charge in [0.2, 0.25) is 0 Å². The summed E-state index contributed by atoms with van der Waals surface area (Å²) in [5, 5.41) is 8.54. The molecule has 0 aromatic heterocycles. The third-order valence-corrected chi connectivity index (χ3v) is 2.78. The van der Waals surface area contributed by atoms with Crippen LogP contribution in [0.5, 0.6) is 11.5 Å². The van der Waals surface area contributed by atoms with Crippen LogP contribution in [0, 0.1) is 0 Å². The monoisotopic (exact) mass is 312 g/mol. The summed E-state index contributed by atoms with van der Waals surface area (Å²) >= 11 is 0. The molecule has 0 aliphatic heterocycles. The molecule has 0 saturated carbocycles. The first-order valence-electron chi connectivity index (χ1n) is 6.52. The molecule has 23 heavy (non-hydrogen) atoms. The topological polar surface area (TPSA) is 89.9 Å². The fourth-order valence-electron chi connectivity index (χ4n) is 1.71. The van der Waals surface area contributed by atoms with Crippen LogP contribution in [0.1, 0.15) is 15.9 Å². The lowest BCUT2D eigenvalue weighted by atomic mass is 10.2. The third-order valence-electron chi connectivity index (χ3n) is 2.78. The molecule has 2 rings (SSSR count). The zero-order valence-electron chi connectivity index (χ0n) is 11.8. The fourth-order valence-corrected chi connectivity index (χ4v) is 1.71. The number of aliphatic carboxylic acids is 1. The molecule has 1 N–H and O–H groups in total. The molecule has 0 bridgehead atoms. The molecule has 6 nitrogen and oxygen atoms in total. The number of carbonyl (C=O) groups excluding carboxylic acids is 2. The van der Waals surface area contributed by atoms with Gasteiger partial charge in [0.1, 0.15) is 11.5 Å².